The highest BCUT2D eigenvalue weighted by Crippen LogP contribution is 2.19. The lowest BCUT2D eigenvalue weighted by molar-refractivity contribution is 0.0168. The Hall–Kier alpha value is -1.03. The minimum atomic E-state index is -0.451. The van der Waals surface area contributed by atoms with Crippen LogP contribution in [0.1, 0.15) is 52.0 Å². The average Bonchev–Trinajstić information content (AvgIpc) is 3.15. The van der Waals surface area contributed by atoms with Crippen molar-refractivity contribution in [1.29, 1.82) is 0 Å². The number of ether oxygens (including phenoxy) is 1. The maximum atomic E-state index is 12.3. The molecule has 1 fully saturated rings. The Morgan fingerprint density at radius 1 is 1.43 bits per heavy atom. The van der Waals surface area contributed by atoms with Gasteiger partial charge >= 0.3 is 6.09 Å². The fraction of sp³-hybridized carbons (Fsp3) is 0.700. The van der Waals surface area contributed by atoms with Crippen LogP contribution in [0, 0.1) is 5.92 Å². The Morgan fingerprint density at radius 2 is 2.18 bits per heavy atom. The predicted octanol–water partition coefficient (Wildman–Crippen LogP) is 4.28. The number of amides is 1. The minimum absolute atomic E-state index is 0. The topological polar surface area (TPSA) is 66.0 Å². The summed E-state index contributed by atoms with van der Waals surface area (Å²) in [7, 11) is 1.79. The van der Waals surface area contributed by atoms with Crippen molar-refractivity contribution in [3.8, 4) is 0 Å². The summed E-state index contributed by atoms with van der Waals surface area (Å²) >= 11 is 1.73. The molecular weight excluding hydrogens is 487 g/mol. The molecule has 0 bridgehead atoms. The first-order chi connectivity index (χ1) is 12.8. The summed E-state index contributed by atoms with van der Waals surface area (Å²) in [5.74, 6) is 1.65. The number of piperidine rings is 1. The van der Waals surface area contributed by atoms with Crippen molar-refractivity contribution < 1.29 is 9.53 Å². The third kappa shape index (κ3) is 8.55. The van der Waals surface area contributed by atoms with Gasteiger partial charge in [0.05, 0.1) is 0 Å². The Kier molecular flexibility index (Phi) is 10.6. The van der Waals surface area contributed by atoms with Crippen LogP contribution < -0.4 is 10.6 Å². The average molecular weight is 522 g/mol. The van der Waals surface area contributed by atoms with Gasteiger partial charge in [0.1, 0.15) is 5.60 Å². The highest BCUT2D eigenvalue weighted by Gasteiger charge is 2.27. The summed E-state index contributed by atoms with van der Waals surface area (Å²) in [6.07, 6.45) is 1.90. The van der Waals surface area contributed by atoms with Gasteiger partial charge in [-0.05, 0) is 67.8 Å². The van der Waals surface area contributed by atoms with Crippen molar-refractivity contribution in [2.75, 3.05) is 33.2 Å². The first-order valence-electron chi connectivity index (χ1n) is 9.73. The van der Waals surface area contributed by atoms with E-state index in [1.807, 2.05) is 25.7 Å². The zero-order valence-electron chi connectivity index (χ0n) is 17.7. The fourth-order valence-corrected chi connectivity index (χ4v) is 3.89. The normalized spacial score (nSPS) is 18.8. The van der Waals surface area contributed by atoms with Crippen molar-refractivity contribution in [2.45, 2.75) is 52.1 Å². The van der Waals surface area contributed by atoms with Crippen LogP contribution in [0.5, 0.6) is 0 Å². The van der Waals surface area contributed by atoms with E-state index in [1.54, 1.807) is 18.4 Å². The van der Waals surface area contributed by atoms with Gasteiger partial charge in [0.15, 0.2) is 5.96 Å². The van der Waals surface area contributed by atoms with E-state index in [0.717, 1.165) is 45.0 Å². The van der Waals surface area contributed by atoms with Gasteiger partial charge in [-0.3, -0.25) is 4.99 Å². The van der Waals surface area contributed by atoms with E-state index in [0.29, 0.717) is 11.8 Å². The number of carbonyl (C=O) groups excluding carboxylic acids is 1. The van der Waals surface area contributed by atoms with Gasteiger partial charge in [0.2, 0.25) is 0 Å². The van der Waals surface area contributed by atoms with Crippen molar-refractivity contribution in [1.82, 2.24) is 15.5 Å². The van der Waals surface area contributed by atoms with Gasteiger partial charge in [0, 0.05) is 33.2 Å². The molecule has 1 aliphatic heterocycles. The maximum Gasteiger partial charge on any atom is 0.410 e. The first kappa shape index (κ1) is 25.0. The van der Waals surface area contributed by atoms with Crippen molar-refractivity contribution in [3.05, 3.63) is 22.4 Å². The first-order valence-corrected chi connectivity index (χ1v) is 10.7. The molecule has 1 aromatic rings. The Balaban J connectivity index is 0.00000392. The van der Waals surface area contributed by atoms with Gasteiger partial charge in [-0.2, -0.15) is 11.3 Å². The summed E-state index contributed by atoms with van der Waals surface area (Å²) < 4.78 is 5.50. The quantitative estimate of drug-likeness (QED) is 0.344. The molecule has 2 heterocycles. The number of nitrogens with zero attached hydrogens (tertiary/aromatic N) is 2. The van der Waals surface area contributed by atoms with Gasteiger partial charge in [-0.15, -0.1) is 24.0 Å². The molecule has 0 aromatic carbocycles. The van der Waals surface area contributed by atoms with Crippen LogP contribution in [0.4, 0.5) is 4.79 Å². The smallest absolute Gasteiger partial charge is 0.410 e. The third-order valence-electron chi connectivity index (χ3n) is 4.64. The van der Waals surface area contributed by atoms with Crippen molar-refractivity contribution in [3.63, 3.8) is 0 Å². The Morgan fingerprint density at radius 3 is 2.79 bits per heavy atom. The third-order valence-corrected chi connectivity index (χ3v) is 5.34. The molecule has 8 heteroatoms. The number of hydrogen-bond acceptors (Lipinski definition) is 4. The molecule has 2 N–H and O–H groups in total. The van der Waals surface area contributed by atoms with Crippen LogP contribution in [0.15, 0.2) is 21.8 Å². The number of carbonyl (C=O) groups is 1. The highest BCUT2D eigenvalue weighted by molar-refractivity contribution is 14.0. The Labute approximate surface area is 190 Å². The summed E-state index contributed by atoms with van der Waals surface area (Å²) in [5, 5.41) is 11.1. The second kappa shape index (κ2) is 11.8. The second-order valence-corrected chi connectivity index (χ2v) is 9.01. The fourth-order valence-electron chi connectivity index (χ4n) is 3.11. The summed E-state index contributed by atoms with van der Waals surface area (Å²) in [5.41, 5.74) is 0.899. The van der Waals surface area contributed by atoms with E-state index in [4.69, 9.17) is 4.74 Å². The molecule has 0 saturated carbocycles. The van der Waals surface area contributed by atoms with Gasteiger partial charge in [-0.25, -0.2) is 4.79 Å². The molecule has 1 aliphatic rings. The van der Waals surface area contributed by atoms with Gasteiger partial charge in [0.25, 0.3) is 0 Å². The number of likely N-dealkylation sites (tertiary alicyclic amines) is 1. The number of hydrogen-bond donors (Lipinski definition) is 2. The van der Waals surface area contributed by atoms with Crippen molar-refractivity contribution >= 4 is 47.4 Å². The molecule has 6 nitrogen and oxygen atoms in total. The summed E-state index contributed by atoms with van der Waals surface area (Å²) in [4.78, 5) is 18.4. The summed E-state index contributed by atoms with van der Waals surface area (Å²) in [6.45, 7) is 11.1. The van der Waals surface area contributed by atoms with Gasteiger partial charge in [-0.1, -0.05) is 6.92 Å². The molecule has 1 saturated heterocycles. The summed E-state index contributed by atoms with van der Waals surface area (Å²) in [6, 6.07) is 2.17. The molecule has 2 atom stereocenters. The number of guanidine groups is 1. The molecule has 160 valence electrons. The van der Waals surface area contributed by atoms with E-state index in [1.165, 1.54) is 5.56 Å². The molecule has 0 radical (unpaired) electrons. The molecule has 1 amide bonds. The molecular formula is C20H35IN4O2S. The van der Waals surface area contributed by atoms with Gasteiger partial charge < -0.3 is 20.3 Å². The Bertz CT molecular complexity index is 616. The van der Waals surface area contributed by atoms with Crippen LogP contribution >= 0.6 is 35.3 Å². The van der Waals surface area contributed by atoms with Crippen LogP contribution in [0.3, 0.4) is 0 Å². The van der Waals surface area contributed by atoms with Crippen LogP contribution in [0.2, 0.25) is 0 Å². The second-order valence-electron chi connectivity index (χ2n) is 8.23. The number of rotatable bonds is 5. The van der Waals surface area contributed by atoms with E-state index >= 15 is 0 Å². The van der Waals surface area contributed by atoms with Crippen LogP contribution in [-0.2, 0) is 4.74 Å². The zero-order chi connectivity index (χ0) is 19.9. The van der Waals surface area contributed by atoms with Crippen LogP contribution in [0.25, 0.3) is 0 Å². The van der Waals surface area contributed by atoms with E-state index < -0.39 is 5.60 Å². The number of aliphatic imine (C=N–C) groups is 1. The lowest BCUT2D eigenvalue weighted by atomic mass is 9.98. The minimum Gasteiger partial charge on any atom is -0.444 e. The largest absolute Gasteiger partial charge is 0.444 e. The highest BCUT2D eigenvalue weighted by atomic mass is 127. The molecule has 2 rings (SSSR count). The van der Waals surface area contributed by atoms with E-state index in [-0.39, 0.29) is 30.1 Å². The van der Waals surface area contributed by atoms with Crippen LogP contribution in [-0.4, -0.2) is 55.8 Å². The lowest BCUT2D eigenvalue weighted by Gasteiger charge is -2.34. The van der Waals surface area contributed by atoms with E-state index in [9.17, 15) is 4.79 Å². The predicted molar refractivity (Wildman–Crippen MR) is 128 cm³/mol. The zero-order valence-corrected chi connectivity index (χ0v) is 20.8. The molecule has 0 aliphatic carbocycles. The molecule has 28 heavy (non-hydrogen) atoms. The number of halogens is 1. The van der Waals surface area contributed by atoms with Crippen molar-refractivity contribution in [2.24, 2.45) is 10.9 Å². The molecule has 0 spiro atoms. The number of thiophene rings is 1. The molecule has 1 aromatic heterocycles. The van der Waals surface area contributed by atoms with E-state index in [2.05, 4.69) is 39.4 Å². The number of nitrogens with one attached hydrogen (secondary N) is 2. The standard InChI is InChI=1S/C20H34N4O2S.HI/c1-15(17-8-10-27-14-17)11-22-18(21-5)23-12-16-7-6-9-24(13-16)19(25)26-20(2,3)4;/h8,10,14-16H,6-7,9,11-13H2,1-5H3,(H2,21,22,23);1H. The SMILES string of the molecule is CN=C(NCC1CCCN(C(=O)OC(C)(C)C)C1)NCC(C)c1ccsc1.I. The monoisotopic (exact) mass is 522 g/mol. The lowest BCUT2D eigenvalue weighted by Crippen LogP contribution is -2.47. The maximum absolute atomic E-state index is 12.3. The molecule has 2 unspecified atom stereocenters.